The summed E-state index contributed by atoms with van der Waals surface area (Å²) >= 11 is 13.5. The molecule has 0 aromatic heterocycles. The van der Waals surface area contributed by atoms with Crippen LogP contribution in [0.15, 0.2) is 53.4 Å². The molecule has 0 fully saturated rings. The Bertz CT molecular complexity index is 584. The first-order valence-corrected chi connectivity index (χ1v) is 7.68. The van der Waals surface area contributed by atoms with Crippen LogP contribution in [0.2, 0.25) is 10.0 Å². The van der Waals surface area contributed by atoms with E-state index in [9.17, 15) is 4.79 Å². The molecule has 2 nitrogen and oxygen atoms in total. The molecule has 1 N–H and O–H groups in total. The summed E-state index contributed by atoms with van der Waals surface area (Å²) in [5.41, 5.74) is 0.460. The predicted octanol–water partition coefficient (Wildman–Crippen LogP) is 5.11. The number of halogens is 2. The number of thioether (sulfide) groups is 1. The molecular formula is C15H13Cl2NOS. The zero-order valence-corrected chi connectivity index (χ0v) is 13.1. The number of para-hydroxylation sites is 1. The van der Waals surface area contributed by atoms with E-state index < -0.39 is 0 Å². The number of carbonyl (C=O) groups excluding carboxylic acids is 1. The van der Waals surface area contributed by atoms with E-state index in [0.29, 0.717) is 15.7 Å². The van der Waals surface area contributed by atoms with Crippen molar-refractivity contribution in [2.75, 3.05) is 5.32 Å². The number of anilines is 1. The maximum Gasteiger partial charge on any atom is 0.237 e. The lowest BCUT2D eigenvalue weighted by atomic mass is 10.3. The van der Waals surface area contributed by atoms with Gasteiger partial charge in [0.05, 0.1) is 21.0 Å². The Morgan fingerprint density at radius 3 is 2.25 bits per heavy atom. The Kier molecular flexibility index (Phi) is 5.35. The normalized spacial score (nSPS) is 11.9. The number of amides is 1. The van der Waals surface area contributed by atoms with Crippen molar-refractivity contribution >= 4 is 46.6 Å². The molecule has 2 aromatic rings. The van der Waals surface area contributed by atoms with Gasteiger partial charge in [-0.2, -0.15) is 0 Å². The number of nitrogens with one attached hydrogen (secondary N) is 1. The van der Waals surface area contributed by atoms with Crippen LogP contribution in [0, 0.1) is 0 Å². The molecule has 0 saturated carbocycles. The predicted molar refractivity (Wildman–Crippen MR) is 86.9 cm³/mol. The van der Waals surface area contributed by atoms with Crippen molar-refractivity contribution < 1.29 is 4.79 Å². The SMILES string of the molecule is C[C@@H](Sc1ccccc1)C(=O)Nc1c(Cl)cccc1Cl. The van der Waals surface area contributed by atoms with E-state index in [4.69, 9.17) is 23.2 Å². The van der Waals surface area contributed by atoms with E-state index in [1.54, 1.807) is 18.2 Å². The number of rotatable bonds is 4. The molecule has 0 spiro atoms. The van der Waals surface area contributed by atoms with Crippen LogP contribution in [0.4, 0.5) is 5.69 Å². The second-order valence-electron chi connectivity index (χ2n) is 4.16. The van der Waals surface area contributed by atoms with Gasteiger partial charge in [0.15, 0.2) is 0 Å². The van der Waals surface area contributed by atoms with Crippen molar-refractivity contribution in [3.63, 3.8) is 0 Å². The van der Waals surface area contributed by atoms with Gasteiger partial charge in [-0.15, -0.1) is 11.8 Å². The topological polar surface area (TPSA) is 29.1 Å². The smallest absolute Gasteiger partial charge is 0.237 e. The van der Waals surface area contributed by atoms with Gasteiger partial charge in [-0.1, -0.05) is 47.5 Å². The van der Waals surface area contributed by atoms with Crippen molar-refractivity contribution in [1.29, 1.82) is 0 Å². The minimum Gasteiger partial charge on any atom is -0.323 e. The average Bonchev–Trinajstić information content (AvgIpc) is 2.44. The summed E-state index contributed by atoms with van der Waals surface area (Å²) < 4.78 is 0. The first-order valence-electron chi connectivity index (χ1n) is 6.04. The second-order valence-corrected chi connectivity index (χ2v) is 6.39. The highest BCUT2D eigenvalue weighted by atomic mass is 35.5. The van der Waals surface area contributed by atoms with Crippen LogP contribution in [0.3, 0.4) is 0 Å². The Morgan fingerprint density at radius 2 is 1.65 bits per heavy atom. The number of carbonyl (C=O) groups is 1. The van der Waals surface area contributed by atoms with Gasteiger partial charge in [0.1, 0.15) is 0 Å². The van der Waals surface area contributed by atoms with E-state index in [1.165, 1.54) is 11.8 Å². The van der Waals surface area contributed by atoms with E-state index in [-0.39, 0.29) is 11.2 Å². The zero-order valence-electron chi connectivity index (χ0n) is 10.8. The second kappa shape index (κ2) is 7.02. The van der Waals surface area contributed by atoms with Crippen molar-refractivity contribution in [2.45, 2.75) is 17.1 Å². The van der Waals surface area contributed by atoms with Crippen LogP contribution < -0.4 is 5.32 Å². The van der Waals surface area contributed by atoms with Crippen molar-refractivity contribution in [2.24, 2.45) is 0 Å². The molecule has 0 bridgehead atoms. The van der Waals surface area contributed by atoms with Gasteiger partial charge >= 0.3 is 0 Å². The van der Waals surface area contributed by atoms with E-state index in [1.807, 2.05) is 37.3 Å². The van der Waals surface area contributed by atoms with E-state index in [0.717, 1.165) is 4.90 Å². The Labute approximate surface area is 132 Å². The molecule has 0 heterocycles. The van der Waals surface area contributed by atoms with Crippen LogP contribution in [-0.4, -0.2) is 11.2 Å². The molecule has 5 heteroatoms. The van der Waals surface area contributed by atoms with E-state index in [2.05, 4.69) is 5.32 Å². The summed E-state index contributed by atoms with van der Waals surface area (Å²) in [7, 11) is 0. The number of hydrogen-bond acceptors (Lipinski definition) is 2. The minimum atomic E-state index is -0.246. The highest BCUT2D eigenvalue weighted by Crippen LogP contribution is 2.31. The Morgan fingerprint density at radius 1 is 1.05 bits per heavy atom. The Hall–Kier alpha value is -1.16. The standard InChI is InChI=1S/C15H13Cl2NOS/c1-10(20-11-6-3-2-4-7-11)15(19)18-14-12(16)8-5-9-13(14)17/h2-10H,1H3,(H,18,19)/t10-/m1/s1. The molecule has 20 heavy (non-hydrogen) atoms. The van der Waals surface area contributed by atoms with Crippen LogP contribution in [0.1, 0.15) is 6.92 Å². The lowest BCUT2D eigenvalue weighted by Gasteiger charge is -2.13. The summed E-state index contributed by atoms with van der Waals surface area (Å²) in [6, 6.07) is 14.9. The monoisotopic (exact) mass is 325 g/mol. The first-order chi connectivity index (χ1) is 9.58. The Balaban J connectivity index is 2.05. The van der Waals surface area contributed by atoms with Crippen molar-refractivity contribution in [3.8, 4) is 0 Å². The molecule has 104 valence electrons. The lowest BCUT2D eigenvalue weighted by molar-refractivity contribution is -0.115. The summed E-state index contributed by atoms with van der Waals surface area (Å²) in [5.74, 6) is -0.131. The molecule has 0 aliphatic rings. The molecule has 1 atom stereocenters. The summed E-state index contributed by atoms with van der Waals surface area (Å²) in [6.07, 6.45) is 0. The minimum absolute atomic E-state index is 0.131. The fraction of sp³-hybridized carbons (Fsp3) is 0.133. The molecule has 0 unspecified atom stereocenters. The van der Waals surface area contributed by atoms with Crippen LogP contribution in [0.5, 0.6) is 0 Å². The van der Waals surface area contributed by atoms with Gasteiger partial charge in [0.25, 0.3) is 0 Å². The third-order valence-corrected chi connectivity index (χ3v) is 4.38. The lowest BCUT2D eigenvalue weighted by Crippen LogP contribution is -2.22. The fourth-order valence-electron chi connectivity index (χ4n) is 1.60. The molecule has 2 rings (SSSR count). The van der Waals surface area contributed by atoms with Gasteiger partial charge in [0.2, 0.25) is 5.91 Å². The third kappa shape index (κ3) is 3.92. The van der Waals surface area contributed by atoms with Crippen LogP contribution in [-0.2, 0) is 4.79 Å². The highest BCUT2D eigenvalue weighted by Gasteiger charge is 2.17. The molecule has 2 aromatic carbocycles. The number of benzene rings is 2. The summed E-state index contributed by atoms with van der Waals surface area (Å²) in [5, 5.41) is 3.40. The van der Waals surface area contributed by atoms with Gasteiger partial charge in [-0.25, -0.2) is 0 Å². The van der Waals surface area contributed by atoms with Gasteiger partial charge in [-0.3, -0.25) is 4.79 Å². The average molecular weight is 326 g/mol. The maximum absolute atomic E-state index is 12.2. The third-order valence-electron chi connectivity index (χ3n) is 2.64. The first kappa shape index (κ1) is 15.2. The molecule has 0 saturated heterocycles. The summed E-state index contributed by atoms with van der Waals surface area (Å²) in [4.78, 5) is 13.2. The van der Waals surface area contributed by atoms with Gasteiger partial charge in [-0.05, 0) is 31.2 Å². The van der Waals surface area contributed by atoms with Gasteiger partial charge in [0, 0.05) is 4.90 Å². The highest BCUT2D eigenvalue weighted by molar-refractivity contribution is 8.00. The molecular weight excluding hydrogens is 313 g/mol. The zero-order chi connectivity index (χ0) is 14.5. The van der Waals surface area contributed by atoms with Crippen LogP contribution in [0.25, 0.3) is 0 Å². The fourth-order valence-corrected chi connectivity index (χ4v) is 2.98. The maximum atomic E-state index is 12.2. The van der Waals surface area contributed by atoms with Crippen LogP contribution >= 0.6 is 35.0 Å². The van der Waals surface area contributed by atoms with Crippen molar-refractivity contribution in [1.82, 2.24) is 0 Å². The number of hydrogen-bond donors (Lipinski definition) is 1. The molecule has 0 aliphatic carbocycles. The molecule has 1 amide bonds. The van der Waals surface area contributed by atoms with E-state index >= 15 is 0 Å². The van der Waals surface area contributed by atoms with Crippen molar-refractivity contribution in [3.05, 3.63) is 58.6 Å². The largest absolute Gasteiger partial charge is 0.323 e. The summed E-state index contributed by atoms with van der Waals surface area (Å²) in [6.45, 7) is 1.84. The molecule has 0 radical (unpaired) electrons. The molecule has 0 aliphatic heterocycles. The van der Waals surface area contributed by atoms with Gasteiger partial charge < -0.3 is 5.32 Å². The quantitative estimate of drug-likeness (QED) is 0.791.